The topological polar surface area (TPSA) is 127 Å². The van der Waals surface area contributed by atoms with Crippen LogP contribution in [0.4, 0.5) is 11.4 Å². The maximum atomic E-state index is 11.6. The van der Waals surface area contributed by atoms with Gasteiger partial charge in [-0.1, -0.05) is 0 Å². The van der Waals surface area contributed by atoms with Crippen LogP contribution in [0.15, 0.2) is 18.2 Å². The lowest BCUT2D eigenvalue weighted by molar-refractivity contribution is -0.384. The lowest BCUT2D eigenvalue weighted by atomic mass is 10.2. The van der Waals surface area contributed by atoms with Crippen molar-refractivity contribution in [1.29, 1.82) is 0 Å². The molecule has 0 bridgehead atoms. The molecule has 0 aliphatic carbocycles. The number of carbonyl (C=O) groups excluding carboxylic acids is 1. The number of sulfone groups is 1. The number of nitrogens with zero attached hydrogens (tertiary/aromatic N) is 1. The average molecular weight is 288 g/mol. The smallest absolute Gasteiger partial charge is 0.273 e. The summed E-state index contributed by atoms with van der Waals surface area (Å²) in [5.74, 6) is -1.34. The summed E-state index contributed by atoms with van der Waals surface area (Å²) in [6.45, 7) is 1.20. The standard InChI is InChI=1S/C10H12N2O6S/c1-6(19(2,17)18)10(14)11-8-4-3-7(12(15)16)5-9(8)13/h3-6,13H,1-2H3,(H,11,14). The number of phenols is 1. The number of nitrogens with one attached hydrogen (secondary N) is 1. The van der Waals surface area contributed by atoms with E-state index in [9.17, 15) is 28.4 Å². The van der Waals surface area contributed by atoms with E-state index >= 15 is 0 Å². The second kappa shape index (κ2) is 5.22. The van der Waals surface area contributed by atoms with Crippen molar-refractivity contribution in [2.45, 2.75) is 12.2 Å². The zero-order valence-corrected chi connectivity index (χ0v) is 11.0. The Hall–Kier alpha value is -2.16. The highest BCUT2D eigenvalue weighted by Crippen LogP contribution is 2.28. The number of aromatic hydroxyl groups is 1. The fraction of sp³-hybridized carbons (Fsp3) is 0.300. The zero-order valence-electron chi connectivity index (χ0n) is 10.2. The Bertz CT molecular complexity index is 625. The summed E-state index contributed by atoms with van der Waals surface area (Å²) in [7, 11) is -3.56. The lowest BCUT2D eigenvalue weighted by Gasteiger charge is -2.11. The predicted octanol–water partition coefficient (Wildman–Crippen LogP) is 0.672. The number of nitro groups is 1. The molecule has 8 nitrogen and oxygen atoms in total. The summed E-state index contributed by atoms with van der Waals surface area (Å²) < 4.78 is 22.4. The third-order valence-corrected chi connectivity index (χ3v) is 3.96. The van der Waals surface area contributed by atoms with Gasteiger partial charge in [-0.3, -0.25) is 14.9 Å². The van der Waals surface area contributed by atoms with Gasteiger partial charge in [-0.15, -0.1) is 0 Å². The summed E-state index contributed by atoms with van der Waals surface area (Å²) in [5, 5.41) is 20.9. The Kier molecular flexibility index (Phi) is 4.10. The molecule has 0 fully saturated rings. The molecular weight excluding hydrogens is 276 g/mol. The number of anilines is 1. The molecule has 0 aromatic heterocycles. The van der Waals surface area contributed by atoms with Crippen LogP contribution < -0.4 is 5.32 Å². The number of hydrogen-bond acceptors (Lipinski definition) is 6. The van der Waals surface area contributed by atoms with E-state index < -0.39 is 31.7 Å². The highest BCUT2D eigenvalue weighted by Gasteiger charge is 2.24. The van der Waals surface area contributed by atoms with E-state index in [2.05, 4.69) is 5.32 Å². The number of amides is 1. The van der Waals surface area contributed by atoms with Gasteiger partial charge in [-0.2, -0.15) is 0 Å². The van der Waals surface area contributed by atoms with Crippen LogP contribution in [-0.2, 0) is 14.6 Å². The van der Waals surface area contributed by atoms with Crippen LogP contribution in [0.2, 0.25) is 0 Å². The van der Waals surface area contributed by atoms with Crippen LogP contribution in [-0.4, -0.2) is 35.9 Å². The molecule has 104 valence electrons. The average Bonchev–Trinajstić information content (AvgIpc) is 2.29. The number of benzene rings is 1. The SMILES string of the molecule is CC(C(=O)Nc1ccc([N+](=O)[O-])cc1O)S(C)(=O)=O. The number of hydrogen-bond donors (Lipinski definition) is 2. The van der Waals surface area contributed by atoms with Crippen molar-refractivity contribution >= 4 is 27.1 Å². The van der Waals surface area contributed by atoms with Crippen LogP contribution in [0.1, 0.15) is 6.92 Å². The van der Waals surface area contributed by atoms with E-state index in [4.69, 9.17) is 0 Å². The molecule has 0 saturated carbocycles. The van der Waals surface area contributed by atoms with Gasteiger partial charge in [0.25, 0.3) is 5.69 Å². The highest BCUT2D eigenvalue weighted by molar-refractivity contribution is 7.92. The minimum absolute atomic E-state index is 0.0916. The molecule has 0 heterocycles. The van der Waals surface area contributed by atoms with Crippen LogP contribution in [0, 0.1) is 10.1 Å². The monoisotopic (exact) mass is 288 g/mol. The van der Waals surface area contributed by atoms with E-state index in [1.807, 2.05) is 0 Å². The van der Waals surface area contributed by atoms with E-state index in [0.29, 0.717) is 0 Å². The summed E-state index contributed by atoms with van der Waals surface area (Å²) in [6, 6.07) is 3.07. The van der Waals surface area contributed by atoms with Gasteiger partial charge < -0.3 is 10.4 Å². The lowest BCUT2D eigenvalue weighted by Crippen LogP contribution is -2.31. The van der Waals surface area contributed by atoms with Crippen molar-refractivity contribution in [3.8, 4) is 5.75 Å². The van der Waals surface area contributed by atoms with Crippen molar-refractivity contribution in [2.75, 3.05) is 11.6 Å². The molecule has 0 aliphatic heterocycles. The zero-order chi connectivity index (χ0) is 14.8. The van der Waals surface area contributed by atoms with Gasteiger partial charge in [-0.05, 0) is 13.0 Å². The minimum atomic E-state index is -3.56. The molecule has 1 aromatic carbocycles. The van der Waals surface area contributed by atoms with Gasteiger partial charge in [0, 0.05) is 12.3 Å². The first-order valence-electron chi connectivity index (χ1n) is 5.10. The molecule has 1 rings (SSSR count). The van der Waals surface area contributed by atoms with Crippen molar-refractivity contribution in [3.63, 3.8) is 0 Å². The fourth-order valence-corrected chi connectivity index (χ4v) is 1.62. The molecule has 0 spiro atoms. The van der Waals surface area contributed by atoms with E-state index in [1.54, 1.807) is 0 Å². The van der Waals surface area contributed by atoms with Crippen LogP contribution in [0.5, 0.6) is 5.75 Å². The minimum Gasteiger partial charge on any atom is -0.506 e. The van der Waals surface area contributed by atoms with E-state index in [-0.39, 0.29) is 11.4 Å². The number of rotatable bonds is 4. The molecule has 1 amide bonds. The number of non-ortho nitro benzene ring substituents is 1. The van der Waals surface area contributed by atoms with Gasteiger partial charge in [0.1, 0.15) is 11.0 Å². The Balaban J connectivity index is 2.95. The quantitative estimate of drug-likeness (QED) is 0.476. The molecular formula is C10H12N2O6S. The van der Waals surface area contributed by atoms with Gasteiger partial charge in [-0.25, -0.2) is 8.42 Å². The van der Waals surface area contributed by atoms with Crippen molar-refractivity contribution < 1.29 is 23.2 Å². The van der Waals surface area contributed by atoms with Crippen LogP contribution in [0.25, 0.3) is 0 Å². The first-order chi connectivity index (χ1) is 8.62. The van der Waals surface area contributed by atoms with Crippen LogP contribution in [0.3, 0.4) is 0 Å². The molecule has 2 N–H and O–H groups in total. The third kappa shape index (κ3) is 3.65. The van der Waals surface area contributed by atoms with Crippen molar-refractivity contribution in [1.82, 2.24) is 0 Å². The summed E-state index contributed by atoms with van der Waals surface area (Å²) in [6.07, 6.45) is 0.910. The fourth-order valence-electron chi connectivity index (χ4n) is 1.17. The normalized spacial score (nSPS) is 12.7. The number of phenolic OH excluding ortho intramolecular Hbond substituents is 1. The van der Waals surface area contributed by atoms with Gasteiger partial charge in [0.05, 0.1) is 16.7 Å². The van der Waals surface area contributed by atoms with Gasteiger partial charge in [0.2, 0.25) is 5.91 Å². The molecule has 1 atom stereocenters. The molecule has 0 saturated heterocycles. The number of nitro benzene ring substituents is 1. The maximum Gasteiger partial charge on any atom is 0.273 e. The van der Waals surface area contributed by atoms with E-state index in [1.165, 1.54) is 6.92 Å². The summed E-state index contributed by atoms with van der Waals surface area (Å²) in [4.78, 5) is 21.3. The maximum absolute atomic E-state index is 11.6. The highest BCUT2D eigenvalue weighted by atomic mass is 32.2. The second-order valence-electron chi connectivity index (χ2n) is 3.92. The van der Waals surface area contributed by atoms with Gasteiger partial charge in [0.15, 0.2) is 9.84 Å². The molecule has 0 radical (unpaired) electrons. The first kappa shape index (κ1) is 14.9. The summed E-state index contributed by atoms with van der Waals surface area (Å²) >= 11 is 0. The largest absolute Gasteiger partial charge is 0.506 e. The van der Waals surface area contributed by atoms with E-state index in [0.717, 1.165) is 24.5 Å². The van der Waals surface area contributed by atoms with Gasteiger partial charge >= 0.3 is 0 Å². The number of carbonyl (C=O) groups is 1. The Morgan fingerprint density at radius 2 is 2.05 bits per heavy atom. The summed E-state index contributed by atoms with van der Waals surface area (Å²) in [5.41, 5.74) is -0.433. The molecule has 1 unspecified atom stereocenters. The molecule has 0 aliphatic rings. The third-order valence-electron chi connectivity index (χ3n) is 2.46. The van der Waals surface area contributed by atoms with Crippen LogP contribution >= 0.6 is 0 Å². The predicted molar refractivity (Wildman–Crippen MR) is 67.7 cm³/mol. The second-order valence-corrected chi connectivity index (χ2v) is 6.29. The molecule has 1 aromatic rings. The van der Waals surface area contributed by atoms with Crippen molar-refractivity contribution in [3.05, 3.63) is 28.3 Å². The Morgan fingerprint density at radius 1 is 1.47 bits per heavy atom. The molecule has 19 heavy (non-hydrogen) atoms. The first-order valence-corrected chi connectivity index (χ1v) is 7.05. The van der Waals surface area contributed by atoms with Crippen molar-refractivity contribution in [2.24, 2.45) is 0 Å². The Labute approximate surface area is 109 Å². The molecule has 9 heteroatoms. The Morgan fingerprint density at radius 3 is 2.47 bits per heavy atom.